The van der Waals surface area contributed by atoms with Gasteiger partial charge in [0.2, 0.25) is 5.91 Å². The Bertz CT molecular complexity index is 2260. The summed E-state index contributed by atoms with van der Waals surface area (Å²) in [5, 5.41) is 9.19. The zero-order chi connectivity index (χ0) is 41.6. The second kappa shape index (κ2) is 17.6. The standard InChI is InChI=1S/C46H52N6O6/c1-8-46(49(6)7,31-34-14-10-9-11-15-34)41(53)35-19-21-36(22-20-35)50-25-27-51(28-26-50)43(55)45(4,5)44(56)58-40-23-18-33(24-29-57-42(54)32(2)3)30-39(40)52-47-37-16-12-13-17-38(37)48-52/h9-23,30H,2,8,24-29,31H2,1,3-7H3. The van der Waals surface area contributed by atoms with Gasteiger partial charge in [0.15, 0.2) is 11.5 Å². The van der Waals surface area contributed by atoms with Gasteiger partial charge < -0.3 is 19.3 Å². The lowest BCUT2D eigenvalue weighted by molar-refractivity contribution is -0.156. The summed E-state index contributed by atoms with van der Waals surface area (Å²) in [7, 11) is 3.93. The van der Waals surface area contributed by atoms with E-state index in [9.17, 15) is 19.2 Å². The number of rotatable bonds is 15. The predicted molar refractivity (Wildman–Crippen MR) is 224 cm³/mol. The molecule has 0 spiro atoms. The summed E-state index contributed by atoms with van der Waals surface area (Å²) in [4.78, 5) is 61.1. The Balaban J connectivity index is 1.11. The molecule has 1 atom stereocenters. The first-order chi connectivity index (χ1) is 27.7. The first-order valence-corrected chi connectivity index (χ1v) is 19.6. The monoisotopic (exact) mass is 784 g/mol. The Labute approximate surface area is 340 Å². The summed E-state index contributed by atoms with van der Waals surface area (Å²) in [6, 6.07) is 30.4. The number of ether oxygens (including phenoxy) is 2. The van der Waals surface area contributed by atoms with Gasteiger partial charge in [-0.05, 0) is 107 Å². The number of nitrogens with zero attached hydrogens (tertiary/aromatic N) is 6. The van der Waals surface area contributed by atoms with E-state index in [1.165, 1.54) is 4.80 Å². The van der Waals surface area contributed by atoms with Crippen molar-refractivity contribution in [2.75, 3.05) is 51.8 Å². The number of aromatic nitrogens is 3. The summed E-state index contributed by atoms with van der Waals surface area (Å²) in [6.07, 6.45) is 1.67. The summed E-state index contributed by atoms with van der Waals surface area (Å²) in [5.41, 5.74) is 3.36. The number of anilines is 1. The van der Waals surface area contributed by atoms with E-state index in [2.05, 4.69) is 40.7 Å². The van der Waals surface area contributed by atoms with Crippen molar-refractivity contribution in [3.63, 3.8) is 0 Å². The van der Waals surface area contributed by atoms with Gasteiger partial charge in [-0.25, -0.2) is 4.79 Å². The van der Waals surface area contributed by atoms with E-state index in [-0.39, 0.29) is 24.0 Å². The van der Waals surface area contributed by atoms with Crippen LogP contribution < -0.4 is 9.64 Å². The number of likely N-dealkylation sites (N-methyl/N-ethyl adjacent to an activating group) is 1. The molecule has 12 heteroatoms. The molecule has 0 bridgehead atoms. The van der Waals surface area contributed by atoms with Crippen LogP contribution in [0, 0.1) is 5.41 Å². The number of carbonyl (C=O) groups excluding carboxylic acids is 4. The van der Waals surface area contributed by atoms with Gasteiger partial charge in [0.05, 0.1) is 12.1 Å². The molecule has 58 heavy (non-hydrogen) atoms. The van der Waals surface area contributed by atoms with E-state index in [4.69, 9.17) is 9.47 Å². The number of carbonyl (C=O) groups is 4. The summed E-state index contributed by atoms with van der Waals surface area (Å²) in [6.45, 7) is 12.5. The fraction of sp³-hybridized carbons (Fsp3) is 0.348. The van der Waals surface area contributed by atoms with Crippen molar-refractivity contribution in [2.24, 2.45) is 5.41 Å². The molecule has 302 valence electrons. The van der Waals surface area contributed by atoms with E-state index in [0.29, 0.717) is 73.3 Å². The number of fused-ring (bicyclic) bond motifs is 1. The van der Waals surface area contributed by atoms with Gasteiger partial charge >= 0.3 is 11.9 Å². The fourth-order valence-electron chi connectivity index (χ4n) is 7.26. The zero-order valence-electron chi connectivity index (χ0n) is 34.2. The lowest BCUT2D eigenvalue weighted by Gasteiger charge is -2.39. The molecule has 4 aromatic carbocycles. The number of piperazine rings is 1. The molecule has 1 saturated heterocycles. The summed E-state index contributed by atoms with van der Waals surface area (Å²) >= 11 is 0. The number of hydrogen-bond donors (Lipinski definition) is 0. The van der Waals surface area contributed by atoms with Crippen LogP contribution in [-0.4, -0.2) is 101 Å². The number of hydrogen-bond acceptors (Lipinski definition) is 10. The number of amides is 1. The molecular formula is C46H52N6O6. The van der Waals surface area contributed by atoms with Crippen molar-refractivity contribution in [2.45, 2.75) is 52.5 Å². The van der Waals surface area contributed by atoms with Gasteiger partial charge in [0.25, 0.3) is 0 Å². The van der Waals surface area contributed by atoms with Crippen molar-refractivity contribution in [3.8, 4) is 11.4 Å². The quantitative estimate of drug-likeness (QED) is 0.0382. The van der Waals surface area contributed by atoms with E-state index >= 15 is 0 Å². The predicted octanol–water partition coefficient (Wildman–Crippen LogP) is 6.50. The van der Waals surface area contributed by atoms with Crippen LogP contribution in [0.2, 0.25) is 0 Å². The Morgan fingerprint density at radius 1 is 0.810 bits per heavy atom. The Morgan fingerprint density at radius 3 is 2.02 bits per heavy atom. The van der Waals surface area contributed by atoms with E-state index in [1.54, 1.807) is 43.9 Å². The van der Waals surface area contributed by atoms with Crippen molar-refractivity contribution in [1.29, 1.82) is 0 Å². The van der Waals surface area contributed by atoms with Gasteiger partial charge in [0.1, 0.15) is 22.1 Å². The van der Waals surface area contributed by atoms with Crippen LogP contribution in [0.15, 0.2) is 109 Å². The van der Waals surface area contributed by atoms with E-state index in [0.717, 1.165) is 16.8 Å². The Morgan fingerprint density at radius 2 is 1.43 bits per heavy atom. The molecule has 12 nitrogen and oxygen atoms in total. The second-order valence-electron chi connectivity index (χ2n) is 15.6. The third-order valence-corrected chi connectivity index (χ3v) is 11.0. The average Bonchev–Trinajstić information content (AvgIpc) is 3.67. The molecule has 0 radical (unpaired) electrons. The van der Waals surface area contributed by atoms with Gasteiger partial charge in [-0.15, -0.1) is 15.0 Å². The minimum absolute atomic E-state index is 0.0823. The molecule has 6 rings (SSSR count). The smallest absolute Gasteiger partial charge is 0.333 e. The van der Waals surface area contributed by atoms with E-state index in [1.807, 2.05) is 85.7 Å². The van der Waals surface area contributed by atoms with Crippen molar-refractivity contribution >= 4 is 40.3 Å². The Hall–Kier alpha value is -6.14. The van der Waals surface area contributed by atoms with Crippen LogP contribution in [-0.2, 0) is 32.0 Å². The molecule has 1 aromatic heterocycles. The van der Waals surface area contributed by atoms with Crippen molar-refractivity contribution < 1.29 is 28.7 Å². The molecular weight excluding hydrogens is 733 g/mol. The maximum Gasteiger partial charge on any atom is 0.333 e. The highest BCUT2D eigenvalue weighted by Gasteiger charge is 2.43. The maximum absolute atomic E-state index is 14.1. The molecule has 1 aliphatic heterocycles. The highest BCUT2D eigenvalue weighted by atomic mass is 16.5. The topological polar surface area (TPSA) is 127 Å². The van der Waals surface area contributed by atoms with Gasteiger partial charge in [-0.3, -0.25) is 19.3 Å². The lowest BCUT2D eigenvalue weighted by Crippen LogP contribution is -2.54. The lowest BCUT2D eigenvalue weighted by atomic mass is 9.80. The minimum atomic E-state index is -1.50. The minimum Gasteiger partial charge on any atom is -0.462 e. The normalized spacial score (nSPS) is 14.3. The fourth-order valence-corrected chi connectivity index (χ4v) is 7.26. The van der Waals surface area contributed by atoms with Crippen molar-refractivity contribution in [3.05, 3.63) is 126 Å². The van der Waals surface area contributed by atoms with Gasteiger partial charge in [-0.2, -0.15) is 0 Å². The number of esters is 2. The highest BCUT2D eigenvalue weighted by molar-refractivity contribution is 6.04. The van der Waals surface area contributed by atoms with Crippen molar-refractivity contribution in [1.82, 2.24) is 24.8 Å². The van der Waals surface area contributed by atoms with Gasteiger partial charge in [-0.1, -0.05) is 62.0 Å². The zero-order valence-corrected chi connectivity index (χ0v) is 34.2. The molecule has 2 heterocycles. The summed E-state index contributed by atoms with van der Waals surface area (Å²) < 4.78 is 11.3. The van der Waals surface area contributed by atoms with E-state index < -0.39 is 22.9 Å². The molecule has 5 aromatic rings. The van der Waals surface area contributed by atoms with Crippen LogP contribution in [0.3, 0.4) is 0 Å². The number of ketones is 1. The third kappa shape index (κ3) is 8.87. The molecule has 1 fully saturated rings. The largest absolute Gasteiger partial charge is 0.462 e. The third-order valence-electron chi connectivity index (χ3n) is 11.0. The first-order valence-electron chi connectivity index (χ1n) is 19.6. The summed E-state index contributed by atoms with van der Waals surface area (Å²) in [5.74, 6) is -1.26. The van der Waals surface area contributed by atoms with Crippen LogP contribution in [0.5, 0.6) is 5.75 Å². The van der Waals surface area contributed by atoms with Crippen LogP contribution >= 0.6 is 0 Å². The maximum atomic E-state index is 14.1. The second-order valence-corrected chi connectivity index (χ2v) is 15.6. The SMILES string of the molecule is C=C(C)C(=O)OCCc1ccc(OC(=O)C(C)(C)C(=O)N2CCN(c3ccc(C(=O)C(CC)(Cc4ccccc4)N(C)C)cc3)CC2)c(-n2nc3ccccc3n2)c1. The van der Waals surface area contributed by atoms with Gasteiger partial charge in [0, 0.05) is 49.4 Å². The molecule has 1 unspecified atom stereocenters. The highest BCUT2D eigenvalue weighted by Crippen LogP contribution is 2.31. The number of Topliss-reactive ketones (excluding diaryl/α,β-unsaturated/α-hetero) is 1. The molecule has 1 amide bonds. The van der Waals surface area contributed by atoms with Crippen LogP contribution in [0.1, 0.15) is 55.6 Å². The van der Waals surface area contributed by atoms with Crippen LogP contribution in [0.4, 0.5) is 5.69 Å². The number of benzene rings is 4. The molecule has 0 aliphatic carbocycles. The molecule has 0 N–H and O–H groups in total. The van der Waals surface area contributed by atoms with Crippen LogP contribution in [0.25, 0.3) is 16.7 Å². The molecule has 0 saturated carbocycles. The molecule has 1 aliphatic rings. The average molecular weight is 785 g/mol. The first kappa shape index (κ1) is 41.5. The Kier molecular flexibility index (Phi) is 12.6.